The van der Waals surface area contributed by atoms with Crippen LogP contribution in [-0.2, 0) is 15.0 Å². The first kappa shape index (κ1) is 32.1. The number of ether oxygens (including phenoxy) is 1. The molecule has 1 unspecified atom stereocenters. The minimum absolute atomic E-state index is 0.0281. The third kappa shape index (κ3) is 7.11. The maximum Gasteiger partial charge on any atom is 0.251 e. The molecule has 2 heterocycles. The molecule has 10 heteroatoms. The summed E-state index contributed by atoms with van der Waals surface area (Å²) >= 11 is 0. The van der Waals surface area contributed by atoms with Crippen molar-refractivity contribution in [2.75, 3.05) is 44.4 Å². The SMILES string of the molecule is C=Cc1cc(OC(CC)CC[C@]2(C)C(=O)N(CC=O)c3ccccc32)cnc1NC.CNCC1(NC)CC(F)(F)C1. The van der Waals surface area contributed by atoms with E-state index >= 15 is 0 Å². The van der Waals surface area contributed by atoms with Gasteiger partial charge in [0.2, 0.25) is 5.91 Å². The Morgan fingerprint density at radius 2 is 1.93 bits per heavy atom. The molecule has 1 aliphatic heterocycles. The lowest BCUT2D eigenvalue weighted by atomic mass is 9.73. The van der Waals surface area contributed by atoms with Crippen molar-refractivity contribution in [2.24, 2.45) is 0 Å². The van der Waals surface area contributed by atoms with Gasteiger partial charge in [-0.3, -0.25) is 4.79 Å². The molecule has 0 bridgehead atoms. The number of anilines is 2. The molecule has 0 saturated heterocycles. The fourth-order valence-corrected chi connectivity index (χ4v) is 5.74. The van der Waals surface area contributed by atoms with Crippen LogP contribution in [0.2, 0.25) is 0 Å². The molecule has 0 spiro atoms. The lowest BCUT2D eigenvalue weighted by Crippen LogP contribution is -2.64. The van der Waals surface area contributed by atoms with Gasteiger partial charge in [-0.15, -0.1) is 0 Å². The van der Waals surface area contributed by atoms with Crippen LogP contribution >= 0.6 is 0 Å². The predicted molar refractivity (Wildman–Crippen MR) is 160 cm³/mol. The number of hydrogen-bond acceptors (Lipinski definition) is 7. The number of nitrogens with zero attached hydrogens (tertiary/aromatic N) is 2. The van der Waals surface area contributed by atoms with E-state index in [2.05, 4.69) is 34.4 Å². The van der Waals surface area contributed by atoms with Gasteiger partial charge in [-0.2, -0.15) is 0 Å². The smallest absolute Gasteiger partial charge is 0.251 e. The number of pyridine rings is 1. The highest BCUT2D eigenvalue weighted by Gasteiger charge is 2.55. The van der Waals surface area contributed by atoms with Gasteiger partial charge in [-0.1, -0.05) is 37.8 Å². The number of aldehydes is 1. The van der Waals surface area contributed by atoms with E-state index < -0.39 is 11.3 Å². The van der Waals surface area contributed by atoms with Crippen LogP contribution in [-0.4, -0.2) is 69.0 Å². The van der Waals surface area contributed by atoms with Gasteiger partial charge in [0.15, 0.2) is 0 Å². The summed E-state index contributed by atoms with van der Waals surface area (Å²) < 4.78 is 31.1. The maximum atomic E-state index is 13.2. The molecule has 3 N–H and O–H groups in total. The van der Waals surface area contributed by atoms with E-state index in [1.54, 1.807) is 31.3 Å². The van der Waals surface area contributed by atoms with Gasteiger partial charge < -0.3 is 30.4 Å². The van der Waals surface area contributed by atoms with Crippen LogP contribution in [0.5, 0.6) is 5.75 Å². The van der Waals surface area contributed by atoms with Crippen molar-refractivity contribution in [3.05, 3.63) is 54.2 Å². The van der Waals surface area contributed by atoms with E-state index in [1.807, 2.05) is 44.3 Å². The van der Waals surface area contributed by atoms with Gasteiger partial charge >= 0.3 is 0 Å². The number of benzene rings is 1. The average Bonchev–Trinajstić information content (AvgIpc) is 3.16. The normalized spacial score (nSPS) is 20.7. The molecule has 2 aromatic rings. The van der Waals surface area contributed by atoms with E-state index in [0.717, 1.165) is 35.3 Å². The second kappa shape index (κ2) is 13.5. The standard InChI is InChI=1S/C24H29N3O3.C7H14F2N2/c1-5-17-15-19(16-26-22(17)25-4)30-18(6-2)11-12-24(3)20-9-7-8-10-21(20)27(13-14-28)23(24)29;1-10-5-6(11-2)3-7(8,9)4-6/h5,7-10,14-16,18H,1,6,11-13H2,2-4H3,(H,25,26);10-11H,3-5H2,1-2H3/t18?,24-;/m0./s1. The number of amides is 1. The Bertz CT molecular complexity index is 1220. The fourth-order valence-electron chi connectivity index (χ4n) is 5.74. The summed E-state index contributed by atoms with van der Waals surface area (Å²) in [6.07, 6.45) is 6.22. The third-order valence-electron chi connectivity index (χ3n) is 8.08. The third-order valence-corrected chi connectivity index (χ3v) is 8.08. The number of hydrogen-bond donors (Lipinski definition) is 3. The first-order valence-electron chi connectivity index (χ1n) is 14.0. The number of carbonyl (C=O) groups excluding carboxylic acids is 2. The molecule has 1 aliphatic carbocycles. The lowest BCUT2D eigenvalue weighted by molar-refractivity contribution is -0.130. The van der Waals surface area contributed by atoms with Crippen molar-refractivity contribution in [2.45, 2.75) is 68.9 Å². The van der Waals surface area contributed by atoms with Gasteiger partial charge in [0.1, 0.15) is 17.9 Å². The summed E-state index contributed by atoms with van der Waals surface area (Å²) in [5.41, 5.74) is 1.64. The highest BCUT2D eigenvalue weighted by molar-refractivity contribution is 6.09. The molecule has 1 amide bonds. The lowest BCUT2D eigenvalue weighted by Gasteiger charge is -2.47. The number of nitrogens with one attached hydrogen (secondary N) is 3. The first-order chi connectivity index (χ1) is 19.5. The molecule has 2 atom stereocenters. The molecule has 1 aromatic heterocycles. The number of likely N-dealkylation sites (N-methyl/N-ethyl adjacent to an activating group) is 2. The number of alkyl halides is 2. The number of para-hydroxylation sites is 1. The van der Waals surface area contributed by atoms with Crippen molar-refractivity contribution in [3.8, 4) is 5.75 Å². The zero-order valence-corrected chi connectivity index (χ0v) is 24.7. The van der Waals surface area contributed by atoms with Crippen LogP contribution in [0.15, 0.2) is 43.1 Å². The Hall–Kier alpha value is -3.37. The summed E-state index contributed by atoms with van der Waals surface area (Å²) in [6, 6.07) is 9.64. The quantitative estimate of drug-likeness (QED) is 0.297. The van der Waals surface area contributed by atoms with Crippen LogP contribution in [0, 0.1) is 0 Å². The highest BCUT2D eigenvalue weighted by atomic mass is 19.3. The Kier molecular flexibility index (Phi) is 10.6. The first-order valence-corrected chi connectivity index (χ1v) is 14.0. The van der Waals surface area contributed by atoms with Crippen LogP contribution in [0.1, 0.15) is 57.1 Å². The fraction of sp³-hybridized carbons (Fsp3) is 0.516. The van der Waals surface area contributed by atoms with Crippen LogP contribution in [0.4, 0.5) is 20.3 Å². The molecule has 4 rings (SSSR count). The van der Waals surface area contributed by atoms with Crippen molar-refractivity contribution in [1.82, 2.24) is 15.6 Å². The van der Waals surface area contributed by atoms with Crippen LogP contribution < -0.4 is 25.6 Å². The van der Waals surface area contributed by atoms with E-state index in [9.17, 15) is 18.4 Å². The maximum absolute atomic E-state index is 13.2. The minimum atomic E-state index is -2.44. The second-order valence-corrected chi connectivity index (χ2v) is 11.0. The van der Waals surface area contributed by atoms with Gasteiger partial charge in [0.05, 0.1) is 24.3 Å². The van der Waals surface area contributed by atoms with Crippen LogP contribution in [0.25, 0.3) is 6.08 Å². The van der Waals surface area contributed by atoms with Gasteiger partial charge in [0.25, 0.3) is 5.92 Å². The summed E-state index contributed by atoms with van der Waals surface area (Å²) in [6.45, 7) is 8.55. The summed E-state index contributed by atoms with van der Waals surface area (Å²) in [5, 5.41) is 8.86. The van der Waals surface area contributed by atoms with Gasteiger partial charge in [-0.05, 0) is 58.0 Å². The van der Waals surface area contributed by atoms with E-state index in [-0.39, 0.29) is 36.9 Å². The van der Waals surface area contributed by atoms with E-state index in [1.165, 1.54) is 0 Å². The zero-order valence-electron chi connectivity index (χ0n) is 24.7. The molecule has 0 radical (unpaired) electrons. The number of aromatic nitrogens is 1. The monoisotopic (exact) mass is 571 g/mol. The Balaban J connectivity index is 0.000000352. The molecule has 1 saturated carbocycles. The molecule has 2 aliphatic rings. The largest absolute Gasteiger partial charge is 0.489 e. The summed E-state index contributed by atoms with van der Waals surface area (Å²) in [7, 11) is 5.32. The average molecular weight is 572 g/mol. The molecule has 224 valence electrons. The minimum Gasteiger partial charge on any atom is -0.489 e. The molecule has 1 aromatic carbocycles. The highest BCUT2D eigenvalue weighted by Crippen LogP contribution is 2.45. The van der Waals surface area contributed by atoms with Crippen molar-refractivity contribution >= 4 is 29.8 Å². The predicted octanol–water partition coefficient (Wildman–Crippen LogP) is 4.80. The number of rotatable bonds is 13. The van der Waals surface area contributed by atoms with Crippen molar-refractivity contribution in [3.63, 3.8) is 0 Å². The second-order valence-electron chi connectivity index (χ2n) is 11.0. The Morgan fingerprint density at radius 1 is 1.22 bits per heavy atom. The molecule has 1 fully saturated rings. The molecular formula is C31H43F2N5O3. The number of halogens is 2. The van der Waals surface area contributed by atoms with Crippen molar-refractivity contribution in [1.29, 1.82) is 0 Å². The molecule has 41 heavy (non-hydrogen) atoms. The summed E-state index contributed by atoms with van der Waals surface area (Å²) in [4.78, 5) is 30.3. The van der Waals surface area contributed by atoms with Crippen LogP contribution in [0.3, 0.4) is 0 Å². The molecular weight excluding hydrogens is 528 g/mol. The van der Waals surface area contributed by atoms with Gasteiger partial charge in [0, 0.05) is 43.2 Å². The Morgan fingerprint density at radius 3 is 2.49 bits per heavy atom. The van der Waals surface area contributed by atoms with Gasteiger partial charge in [-0.25, -0.2) is 13.8 Å². The summed E-state index contributed by atoms with van der Waals surface area (Å²) in [5.74, 6) is -1.04. The number of carbonyl (C=O) groups is 2. The van der Waals surface area contributed by atoms with Crippen molar-refractivity contribution < 1.29 is 23.1 Å². The zero-order chi connectivity index (χ0) is 30.3. The Labute approximate surface area is 241 Å². The number of fused-ring (bicyclic) bond motifs is 1. The molecule has 8 nitrogen and oxygen atoms in total. The van der Waals surface area contributed by atoms with E-state index in [0.29, 0.717) is 25.1 Å². The topological polar surface area (TPSA) is 95.6 Å². The van der Waals surface area contributed by atoms with E-state index in [4.69, 9.17) is 4.74 Å².